The quantitative estimate of drug-likeness (QED) is 0.208. The molecule has 0 saturated carbocycles. The lowest BCUT2D eigenvalue weighted by atomic mass is 9.97. The van der Waals surface area contributed by atoms with E-state index in [1.54, 1.807) is 6.21 Å². The summed E-state index contributed by atoms with van der Waals surface area (Å²) in [5.41, 5.74) is 3.47. The number of aromatic nitrogens is 2. The van der Waals surface area contributed by atoms with Crippen LogP contribution in [-0.4, -0.2) is 34.1 Å². The molecular weight excluding hydrogens is 422 g/mol. The van der Waals surface area contributed by atoms with Gasteiger partial charge in [-0.25, -0.2) is 5.43 Å². The third kappa shape index (κ3) is 4.45. The van der Waals surface area contributed by atoms with Crippen molar-refractivity contribution in [3.05, 3.63) is 65.2 Å². The van der Waals surface area contributed by atoms with Crippen molar-refractivity contribution >= 4 is 67.6 Å². The molecular formula is C21H16ClN5O2S. The monoisotopic (exact) mass is 437 g/mol. The molecule has 0 atom stereocenters. The highest BCUT2D eigenvalue weighted by molar-refractivity contribution is 7.15. The van der Waals surface area contributed by atoms with Crippen LogP contribution in [0, 0.1) is 0 Å². The molecule has 3 aromatic carbocycles. The number of halogens is 1. The first-order chi connectivity index (χ1) is 14.6. The van der Waals surface area contributed by atoms with E-state index in [0.717, 1.165) is 38.4 Å². The van der Waals surface area contributed by atoms with Crippen molar-refractivity contribution in [2.75, 3.05) is 11.2 Å². The summed E-state index contributed by atoms with van der Waals surface area (Å²) < 4.78 is 0. The number of carbonyl (C=O) groups excluding carboxylic acids is 2. The second-order valence-electron chi connectivity index (χ2n) is 6.39. The predicted octanol–water partition coefficient (Wildman–Crippen LogP) is 3.71. The summed E-state index contributed by atoms with van der Waals surface area (Å²) >= 11 is 6.55. The summed E-state index contributed by atoms with van der Waals surface area (Å²) in [5.74, 6) is -0.884. The van der Waals surface area contributed by atoms with Gasteiger partial charge in [0.1, 0.15) is 10.9 Å². The number of anilines is 1. The molecule has 0 radical (unpaired) electrons. The number of hydrogen-bond donors (Lipinski definition) is 2. The Morgan fingerprint density at radius 3 is 2.33 bits per heavy atom. The number of nitrogens with one attached hydrogen (secondary N) is 2. The smallest absolute Gasteiger partial charge is 0.247 e. The Bertz CT molecular complexity index is 1220. The number of benzene rings is 3. The van der Waals surface area contributed by atoms with E-state index in [2.05, 4.69) is 32.1 Å². The highest BCUT2D eigenvalue weighted by Crippen LogP contribution is 2.27. The number of hydrogen-bond acceptors (Lipinski definition) is 6. The van der Waals surface area contributed by atoms with E-state index >= 15 is 0 Å². The average Bonchev–Trinajstić information content (AvgIpc) is 3.19. The number of fused-ring (bicyclic) bond motifs is 2. The van der Waals surface area contributed by atoms with Crippen molar-refractivity contribution in [1.82, 2.24) is 15.6 Å². The predicted molar refractivity (Wildman–Crippen MR) is 120 cm³/mol. The SMILES string of the molecule is O=C(Cc1nnc(NC(=O)CCl)s1)N/N=C\c1c2ccccc2cc2ccccc12. The fourth-order valence-electron chi connectivity index (χ4n) is 3.06. The van der Waals surface area contributed by atoms with Crippen LogP contribution in [0.2, 0.25) is 0 Å². The Balaban J connectivity index is 1.50. The topological polar surface area (TPSA) is 96.3 Å². The maximum Gasteiger partial charge on any atom is 0.247 e. The molecule has 0 fully saturated rings. The zero-order chi connectivity index (χ0) is 20.9. The number of hydrazone groups is 1. The Morgan fingerprint density at radius 2 is 1.67 bits per heavy atom. The number of alkyl halides is 1. The van der Waals surface area contributed by atoms with Crippen molar-refractivity contribution in [2.45, 2.75) is 6.42 Å². The Kier molecular flexibility index (Phi) is 5.97. The molecule has 7 nitrogen and oxygen atoms in total. The van der Waals surface area contributed by atoms with Gasteiger partial charge in [-0.05, 0) is 27.6 Å². The van der Waals surface area contributed by atoms with Crippen LogP contribution in [0.1, 0.15) is 10.6 Å². The van der Waals surface area contributed by atoms with Gasteiger partial charge in [-0.3, -0.25) is 14.9 Å². The second kappa shape index (κ2) is 8.98. The maximum absolute atomic E-state index is 12.2. The third-order valence-electron chi connectivity index (χ3n) is 4.34. The van der Waals surface area contributed by atoms with Crippen LogP contribution in [0.3, 0.4) is 0 Å². The Hall–Kier alpha value is -3.36. The first-order valence-corrected chi connectivity index (χ1v) is 10.4. The second-order valence-corrected chi connectivity index (χ2v) is 7.71. The first-order valence-electron chi connectivity index (χ1n) is 9.04. The van der Waals surface area contributed by atoms with E-state index in [-0.39, 0.29) is 24.1 Å². The molecule has 4 aromatic rings. The van der Waals surface area contributed by atoms with E-state index in [1.807, 2.05) is 48.5 Å². The van der Waals surface area contributed by atoms with Gasteiger partial charge in [0.2, 0.25) is 16.9 Å². The van der Waals surface area contributed by atoms with Gasteiger partial charge in [-0.2, -0.15) is 5.10 Å². The van der Waals surface area contributed by atoms with Crippen molar-refractivity contribution in [1.29, 1.82) is 0 Å². The zero-order valence-electron chi connectivity index (χ0n) is 15.6. The lowest BCUT2D eigenvalue weighted by Gasteiger charge is -2.07. The minimum Gasteiger partial charge on any atom is -0.299 e. The standard InChI is InChI=1S/C21H16ClN5O2S/c22-11-19(29)24-21-27-26-20(30-21)10-18(28)25-23-12-17-15-7-3-1-5-13(15)9-14-6-2-4-8-16(14)17/h1-9,12H,10-11H2,(H,25,28)(H,24,27,29)/b23-12-. The molecule has 1 aromatic heterocycles. The molecule has 2 amide bonds. The minimum atomic E-state index is -0.379. The van der Waals surface area contributed by atoms with E-state index in [0.29, 0.717) is 10.1 Å². The lowest BCUT2D eigenvalue weighted by Crippen LogP contribution is -2.19. The van der Waals surface area contributed by atoms with Gasteiger partial charge >= 0.3 is 0 Å². The van der Waals surface area contributed by atoms with Crippen LogP contribution in [0.4, 0.5) is 5.13 Å². The zero-order valence-corrected chi connectivity index (χ0v) is 17.2. The summed E-state index contributed by atoms with van der Waals surface area (Å²) in [5, 5.41) is 19.4. The van der Waals surface area contributed by atoms with Gasteiger partial charge in [0.15, 0.2) is 0 Å². The van der Waals surface area contributed by atoms with Crippen LogP contribution in [0.15, 0.2) is 59.7 Å². The molecule has 0 aliphatic rings. The maximum atomic E-state index is 12.2. The van der Waals surface area contributed by atoms with Gasteiger partial charge in [0.25, 0.3) is 0 Å². The molecule has 0 aliphatic carbocycles. The fraction of sp³-hybridized carbons (Fsp3) is 0.0952. The number of carbonyl (C=O) groups is 2. The molecule has 0 bridgehead atoms. The number of amides is 2. The molecule has 1 heterocycles. The van der Waals surface area contributed by atoms with Crippen LogP contribution < -0.4 is 10.7 Å². The van der Waals surface area contributed by atoms with Crippen molar-refractivity contribution in [3.63, 3.8) is 0 Å². The largest absolute Gasteiger partial charge is 0.299 e. The lowest BCUT2D eigenvalue weighted by molar-refractivity contribution is -0.120. The molecule has 4 rings (SSSR count). The van der Waals surface area contributed by atoms with E-state index in [9.17, 15) is 9.59 Å². The summed E-state index contributed by atoms with van der Waals surface area (Å²) in [6.45, 7) is 0. The molecule has 2 N–H and O–H groups in total. The molecule has 30 heavy (non-hydrogen) atoms. The summed E-state index contributed by atoms with van der Waals surface area (Å²) in [6.07, 6.45) is 1.66. The van der Waals surface area contributed by atoms with Crippen LogP contribution in [0.5, 0.6) is 0 Å². The number of nitrogens with zero attached hydrogens (tertiary/aromatic N) is 3. The van der Waals surface area contributed by atoms with Gasteiger partial charge in [-0.1, -0.05) is 59.9 Å². The fourth-order valence-corrected chi connectivity index (χ4v) is 3.88. The highest BCUT2D eigenvalue weighted by atomic mass is 35.5. The third-order valence-corrected chi connectivity index (χ3v) is 5.42. The van der Waals surface area contributed by atoms with E-state index in [1.165, 1.54) is 0 Å². The molecule has 150 valence electrons. The van der Waals surface area contributed by atoms with Crippen molar-refractivity contribution in [2.24, 2.45) is 5.10 Å². The van der Waals surface area contributed by atoms with Crippen LogP contribution in [-0.2, 0) is 16.0 Å². The summed E-state index contributed by atoms with van der Waals surface area (Å²) in [4.78, 5) is 23.5. The average molecular weight is 438 g/mol. The Labute approximate surface area is 180 Å². The molecule has 9 heteroatoms. The van der Waals surface area contributed by atoms with Crippen LogP contribution >= 0.6 is 22.9 Å². The minimum absolute atomic E-state index is 0.00202. The summed E-state index contributed by atoms with van der Waals surface area (Å²) in [6, 6.07) is 18.2. The van der Waals surface area contributed by atoms with Gasteiger partial charge in [0.05, 0.1) is 12.6 Å². The molecule has 0 unspecified atom stereocenters. The van der Waals surface area contributed by atoms with E-state index < -0.39 is 0 Å². The first kappa shape index (κ1) is 19.9. The number of rotatable bonds is 6. The highest BCUT2D eigenvalue weighted by Gasteiger charge is 2.11. The normalized spacial score (nSPS) is 11.2. The van der Waals surface area contributed by atoms with E-state index in [4.69, 9.17) is 11.6 Å². The van der Waals surface area contributed by atoms with Crippen molar-refractivity contribution in [3.8, 4) is 0 Å². The Morgan fingerprint density at radius 1 is 1.00 bits per heavy atom. The van der Waals surface area contributed by atoms with Crippen LogP contribution in [0.25, 0.3) is 21.5 Å². The molecule has 0 spiro atoms. The van der Waals surface area contributed by atoms with Gasteiger partial charge < -0.3 is 0 Å². The van der Waals surface area contributed by atoms with Crippen molar-refractivity contribution < 1.29 is 9.59 Å². The molecule has 0 saturated heterocycles. The molecule has 0 aliphatic heterocycles. The van der Waals surface area contributed by atoms with Gasteiger partial charge in [-0.15, -0.1) is 21.8 Å². The summed E-state index contributed by atoms with van der Waals surface area (Å²) in [7, 11) is 0. The van der Waals surface area contributed by atoms with Gasteiger partial charge in [0, 0.05) is 5.56 Å².